The molecule has 0 saturated heterocycles. The Morgan fingerprint density at radius 3 is 2.85 bits per heavy atom. The number of carbonyl (C=O) groups excluding carboxylic acids is 1. The van der Waals surface area contributed by atoms with Gasteiger partial charge in [-0.05, 0) is 24.1 Å². The smallest absolute Gasteiger partial charge is 0.254 e. The summed E-state index contributed by atoms with van der Waals surface area (Å²) in [4.78, 5) is 15.9. The van der Waals surface area contributed by atoms with Gasteiger partial charge >= 0.3 is 0 Å². The van der Waals surface area contributed by atoms with Crippen molar-refractivity contribution in [1.29, 1.82) is 0 Å². The summed E-state index contributed by atoms with van der Waals surface area (Å²) in [6, 6.07) is 8.28. The summed E-state index contributed by atoms with van der Waals surface area (Å²) in [5.74, 6) is -0.474. The first-order chi connectivity index (χ1) is 9.72. The number of amides is 1. The lowest BCUT2D eigenvalue weighted by atomic mass is 10.1. The number of pyridine rings is 1. The molecule has 2 rings (SSSR count). The fourth-order valence-electron chi connectivity index (χ4n) is 1.90. The number of hydrogen-bond donors (Lipinski definition) is 2. The topological polar surface area (TPSA) is 54.0 Å². The second-order valence-corrected chi connectivity index (χ2v) is 4.27. The van der Waals surface area contributed by atoms with Crippen LogP contribution in [-0.2, 0) is 6.42 Å². The van der Waals surface area contributed by atoms with Crippen LogP contribution in [0.3, 0.4) is 0 Å². The van der Waals surface area contributed by atoms with E-state index in [4.69, 9.17) is 0 Å². The monoisotopic (exact) mass is 273 g/mol. The summed E-state index contributed by atoms with van der Waals surface area (Å²) in [5.41, 5.74) is 1.78. The molecular formula is C15H16FN3O. The molecule has 0 saturated carbocycles. The third kappa shape index (κ3) is 3.32. The first-order valence-corrected chi connectivity index (χ1v) is 6.35. The average Bonchev–Trinajstić information content (AvgIpc) is 2.49. The third-order valence-electron chi connectivity index (χ3n) is 2.97. The van der Waals surface area contributed by atoms with Crippen molar-refractivity contribution in [2.45, 2.75) is 6.42 Å². The molecule has 0 aliphatic carbocycles. The van der Waals surface area contributed by atoms with Crippen LogP contribution in [0.5, 0.6) is 0 Å². The van der Waals surface area contributed by atoms with Crippen LogP contribution >= 0.6 is 0 Å². The predicted octanol–water partition coefficient (Wildman–Crippen LogP) is 2.23. The van der Waals surface area contributed by atoms with Crippen molar-refractivity contribution in [3.63, 3.8) is 0 Å². The Bertz CT molecular complexity index is 601. The summed E-state index contributed by atoms with van der Waals surface area (Å²) >= 11 is 0. The van der Waals surface area contributed by atoms with Crippen molar-refractivity contribution in [1.82, 2.24) is 10.3 Å². The van der Waals surface area contributed by atoms with Gasteiger partial charge in [-0.3, -0.25) is 9.78 Å². The summed E-state index contributed by atoms with van der Waals surface area (Å²) in [6.07, 6.45) is 3.57. The van der Waals surface area contributed by atoms with Crippen LogP contribution in [0, 0.1) is 5.82 Å². The maximum atomic E-state index is 13.4. The van der Waals surface area contributed by atoms with Crippen LogP contribution in [0.2, 0.25) is 0 Å². The first kappa shape index (κ1) is 14.0. The maximum absolute atomic E-state index is 13.4. The highest BCUT2D eigenvalue weighted by atomic mass is 19.1. The number of carbonyl (C=O) groups is 1. The highest BCUT2D eigenvalue weighted by Crippen LogP contribution is 2.12. The highest BCUT2D eigenvalue weighted by Gasteiger charge is 2.10. The van der Waals surface area contributed by atoms with Gasteiger partial charge in [0.05, 0.1) is 5.56 Å². The SMILES string of the molecule is CNc1ccncc1C(=O)NCCc1ccccc1F. The van der Waals surface area contributed by atoms with Crippen molar-refractivity contribution in [3.8, 4) is 0 Å². The standard InChI is InChI=1S/C15H16FN3O/c1-17-14-7-8-18-10-12(14)15(20)19-9-6-11-4-2-3-5-13(11)16/h2-5,7-8,10H,6,9H2,1H3,(H,17,18)(H,19,20). The molecule has 1 heterocycles. The Hall–Kier alpha value is -2.43. The second-order valence-electron chi connectivity index (χ2n) is 4.27. The second kappa shape index (κ2) is 6.65. The maximum Gasteiger partial charge on any atom is 0.254 e. The lowest BCUT2D eigenvalue weighted by molar-refractivity contribution is 0.0954. The fourth-order valence-corrected chi connectivity index (χ4v) is 1.90. The minimum Gasteiger partial charge on any atom is -0.387 e. The largest absolute Gasteiger partial charge is 0.387 e. The number of rotatable bonds is 5. The van der Waals surface area contributed by atoms with E-state index in [0.29, 0.717) is 29.8 Å². The number of hydrogen-bond acceptors (Lipinski definition) is 3. The van der Waals surface area contributed by atoms with Crippen molar-refractivity contribution in [2.75, 3.05) is 18.9 Å². The molecule has 0 aliphatic rings. The zero-order chi connectivity index (χ0) is 14.4. The number of halogens is 1. The van der Waals surface area contributed by atoms with Gasteiger partial charge in [0.15, 0.2) is 0 Å². The molecule has 1 aromatic heterocycles. The molecule has 104 valence electrons. The quantitative estimate of drug-likeness (QED) is 0.878. The normalized spacial score (nSPS) is 10.1. The minimum absolute atomic E-state index is 0.223. The van der Waals surface area contributed by atoms with Crippen LogP contribution in [0.1, 0.15) is 15.9 Å². The van der Waals surface area contributed by atoms with Gasteiger partial charge in [-0.2, -0.15) is 0 Å². The molecule has 0 unspecified atom stereocenters. The van der Waals surface area contributed by atoms with Crippen LogP contribution < -0.4 is 10.6 Å². The third-order valence-corrected chi connectivity index (χ3v) is 2.97. The fraction of sp³-hybridized carbons (Fsp3) is 0.200. The summed E-state index contributed by atoms with van der Waals surface area (Å²) in [5, 5.41) is 5.70. The Morgan fingerprint density at radius 2 is 2.10 bits per heavy atom. The lowest BCUT2D eigenvalue weighted by Gasteiger charge is -2.09. The van der Waals surface area contributed by atoms with E-state index in [1.54, 1.807) is 37.5 Å². The number of aromatic nitrogens is 1. The lowest BCUT2D eigenvalue weighted by Crippen LogP contribution is -2.26. The molecular weight excluding hydrogens is 257 g/mol. The molecule has 0 bridgehead atoms. The van der Waals surface area contributed by atoms with Gasteiger partial charge in [-0.25, -0.2) is 4.39 Å². The van der Waals surface area contributed by atoms with Crippen LogP contribution in [0.15, 0.2) is 42.7 Å². The van der Waals surface area contributed by atoms with Gasteiger partial charge in [-0.15, -0.1) is 0 Å². The van der Waals surface area contributed by atoms with E-state index < -0.39 is 0 Å². The van der Waals surface area contributed by atoms with Gasteiger partial charge in [0.1, 0.15) is 5.82 Å². The van der Waals surface area contributed by atoms with E-state index in [1.165, 1.54) is 12.3 Å². The van der Waals surface area contributed by atoms with Gasteiger partial charge in [0, 0.05) is 31.7 Å². The zero-order valence-corrected chi connectivity index (χ0v) is 11.2. The molecule has 0 spiro atoms. The van der Waals surface area contributed by atoms with E-state index >= 15 is 0 Å². The first-order valence-electron chi connectivity index (χ1n) is 6.35. The van der Waals surface area contributed by atoms with Crippen molar-refractivity contribution >= 4 is 11.6 Å². The van der Waals surface area contributed by atoms with Gasteiger partial charge in [0.2, 0.25) is 0 Å². The van der Waals surface area contributed by atoms with Gasteiger partial charge < -0.3 is 10.6 Å². The van der Waals surface area contributed by atoms with E-state index in [9.17, 15) is 9.18 Å². The molecule has 0 aliphatic heterocycles. The highest BCUT2D eigenvalue weighted by molar-refractivity contribution is 5.99. The molecule has 1 amide bonds. The average molecular weight is 273 g/mol. The number of nitrogens with one attached hydrogen (secondary N) is 2. The Balaban J connectivity index is 1.94. The molecule has 5 heteroatoms. The van der Waals surface area contributed by atoms with Crippen molar-refractivity contribution in [2.24, 2.45) is 0 Å². The molecule has 1 aromatic carbocycles. The molecule has 2 N–H and O–H groups in total. The van der Waals surface area contributed by atoms with Crippen LogP contribution in [-0.4, -0.2) is 24.5 Å². The Kier molecular flexibility index (Phi) is 4.65. The molecule has 0 fully saturated rings. The van der Waals surface area contributed by atoms with Crippen molar-refractivity contribution < 1.29 is 9.18 Å². The molecule has 0 radical (unpaired) electrons. The van der Waals surface area contributed by atoms with E-state index in [-0.39, 0.29) is 11.7 Å². The van der Waals surface area contributed by atoms with Gasteiger partial charge in [0.25, 0.3) is 5.91 Å². The molecule has 4 nitrogen and oxygen atoms in total. The minimum atomic E-state index is -0.251. The summed E-state index contributed by atoms with van der Waals surface area (Å²) in [6.45, 7) is 0.373. The number of benzene rings is 1. The summed E-state index contributed by atoms with van der Waals surface area (Å²) < 4.78 is 13.4. The summed E-state index contributed by atoms with van der Waals surface area (Å²) in [7, 11) is 1.74. The zero-order valence-electron chi connectivity index (χ0n) is 11.2. The Morgan fingerprint density at radius 1 is 1.30 bits per heavy atom. The van der Waals surface area contributed by atoms with Gasteiger partial charge in [-0.1, -0.05) is 18.2 Å². The van der Waals surface area contributed by atoms with Crippen LogP contribution in [0.4, 0.5) is 10.1 Å². The Labute approximate surface area is 117 Å². The van der Waals surface area contributed by atoms with Crippen LogP contribution in [0.25, 0.3) is 0 Å². The van der Waals surface area contributed by atoms with E-state index in [2.05, 4.69) is 15.6 Å². The van der Waals surface area contributed by atoms with E-state index in [1.807, 2.05) is 0 Å². The molecule has 20 heavy (non-hydrogen) atoms. The molecule has 0 atom stereocenters. The number of nitrogens with zero attached hydrogens (tertiary/aromatic N) is 1. The van der Waals surface area contributed by atoms with E-state index in [0.717, 1.165) is 0 Å². The molecule has 2 aromatic rings. The number of anilines is 1. The predicted molar refractivity (Wildman–Crippen MR) is 76.2 cm³/mol. The van der Waals surface area contributed by atoms with Crippen molar-refractivity contribution in [3.05, 3.63) is 59.7 Å².